The minimum atomic E-state index is -0.135. The predicted octanol–water partition coefficient (Wildman–Crippen LogP) is 2.72. The molecule has 0 radical (unpaired) electrons. The van der Waals surface area contributed by atoms with E-state index < -0.39 is 0 Å². The molecule has 0 bridgehead atoms. The van der Waals surface area contributed by atoms with Crippen molar-refractivity contribution >= 4 is 17.3 Å². The van der Waals surface area contributed by atoms with Crippen LogP contribution < -0.4 is 5.01 Å². The van der Waals surface area contributed by atoms with Gasteiger partial charge in [-0.2, -0.15) is 10.1 Å². The van der Waals surface area contributed by atoms with Crippen molar-refractivity contribution in [1.82, 2.24) is 0 Å². The van der Waals surface area contributed by atoms with Crippen LogP contribution in [0.3, 0.4) is 0 Å². The summed E-state index contributed by atoms with van der Waals surface area (Å²) < 4.78 is 5.40. The number of hydrazone groups is 1. The third kappa shape index (κ3) is 2.14. The van der Waals surface area contributed by atoms with Crippen molar-refractivity contribution in [2.45, 2.75) is 20.8 Å². The monoisotopic (exact) mass is 244 g/mol. The van der Waals surface area contributed by atoms with Crippen LogP contribution in [0.15, 0.2) is 46.8 Å². The molecule has 1 aliphatic rings. The fraction of sp³-hybridized carbons (Fsp3) is 0.286. The third-order valence-electron chi connectivity index (χ3n) is 2.73. The van der Waals surface area contributed by atoms with Crippen molar-refractivity contribution in [3.63, 3.8) is 0 Å². The quantitative estimate of drug-likeness (QED) is 0.606. The number of carbonyl (C=O) groups excluding carboxylic acids is 1. The highest BCUT2D eigenvalue weighted by Crippen LogP contribution is 2.25. The number of hydrogen-bond donors (Lipinski definition) is 0. The second-order valence-electron chi connectivity index (χ2n) is 4.00. The molecule has 18 heavy (non-hydrogen) atoms. The summed E-state index contributed by atoms with van der Waals surface area (Å²) in [5, 5.41) is 5.70. The Kier molecular flexibility index (Phi) is 3.46. The van der Waals surface area contributed by atoms with E-state index >= 15 is 0 Å². The minimum absolute atomic E-state index is 0.135. The number of para-hydroxylation sites is 1. The van der Waals surface area contributed by atoms with Crippen molar-refractivity contribution in [3.05, 3.63) is 41.7 Å². The van der Waals surface area contributed by atoms with Crippen molar-refractivity contribution in [2.75, 3.05) is 11.6 Å². The van der Waals surface area contributed by atoms with Crippen LogP contribution >= 0.6 is 0 Å². The van der Waals surface area contributed by atoms with Gasteiger partial charge in [0.2, 0.25) is 0 Å². The Morgan fingerprint density at radius 2 is 2.00 bits per heavy atom. The van der Waals surface area contributed by atoms with Crippen molar-refractivity contribution < 1.29 is 9.53 Å². The number of anilines is 1. The zero-order valence-electron chi connectivity index (χ0n) is 10.8. The molecule has 0 N–H and O–H groups in total. The van der Waals surface area contributed by atoms with E-state index in [1.165, 1.54) is 5.01 Å². The van der Waals surface area contributed by atoms with Crippen molar-refractivity contribution in [2.24, 2.45) is 5.10 Å². The highest BCUT2D eigenvalue weighted by Gasteiger charge is 2.31. The van der Waals surface area contributed by atoms with Gasteiger partial charge in [0.05, 0.1) is 18.0 Å². The van der Waals surface area contributed by atoms with Crippen LogP contribution in [0, 0.1) is 0 Å². The van der Waals surface area contributed by atoms with Crippen molar-refractivity contribution in [1.29, 1.82) is 0 Å². The largest absolute Gasteiger partial charge is 0.498 e. The smallest absolute Gasteiger partial charge is 0.284 e. The third-order valence-corrected chi connectivity index (χ3v) is 2.73. The minimum Gasteiger partial charge on any atom is -0.498 e. The Balaban J connectivity index is 2.36. The topological polar surface area (TPSA) is 41.9 Å². The summed E-state index contributed by atoms with van der Waals surface area (Å²) in [7, 11) is 0. The number of rotatable bonds is 3. The molecule has 1 aromatic rings. The summed E-state index contributed by atoms with van der Waals surface area (Å²) in [6.45, 7) is 6.05. The first-order valence-corrected chi connectivity index (χ1v) is 5.94. The molecule has 0 spiro atoms. The Hall–Kier alpha value is -2.10. The van der Waals surface area contributed by atoms with Gasteiger partial charge in [-0.3, -0.25) is 4.79 Å². The molecule has 0 fully saturated rings. The van der Waals surface area contributed by atoms with E-state index in [0.717, 1.165) is 5.69 Å². The predicted molar refractivity (Wildman–Crippen MR) is 71.4 cm³/mol. The number of allylic oxidation sites excluding steroid dienone is 1. The molecular formula is C14H16N2O2. The van der Waals surface area contributed by atoms with E-state index in [1.807, 2.05) is 44.2 Å². The molecule has 0 atom stereocenters. The summed E-state index contributed by atoms with van der Waals surface area (Å²) in [5.41, 5.74) is 2.01. The van der Waals surface area contributed by atoms with Crippen LogP contribution in [0.5, 0.6) is 0 Å². The van der Waals surface area contributed by atoms with Crippen LogP contribution in [-0.4, -0.2) is 18.2 Å². The fourth-order valence-corrected chi connectivity index (χ4v) is 1.94. The van der Waals surface area contributed by atoms with E-state index in [1.54, 1.807) is 6.92 Å². The number of benzene rings is 1. The van der Waals surface area contributed by atoms with Gasteiger partial charge in [-0.1, -0.05) is 18.2 Å². The van der Waals surface area contributed by atoms with Gasteiger partial charge in [0.15, 0.2) is 0 Å². The first-order chi connectivity index (χ1) is 8.65. The molecule has 0 aliphatic carbocycles. The standard InChI is InChI=1S/C14H16N2O2/c1-4-18-11(3)13-10(2)15-16(14(13)17)12-8-6-5-7-9-12/h5-9H,4H2,1-3H3. The molecular weight excluding hydrogens is 228 g/mol. The molecule has 1 aromatic carbocycles. The average Bonchev–Trinajstić information content (AvgIpc) is 2.66. The molecule has 4 heteroatoms. The maximum absolute atomic E-state index is 12.3. The number of hydrogen-bond acceptors (Lipinski definition) is 3. The first-order valence-electron chi connectivity index (χ1n) is 5.94. The highest BCUT2D eigenvalue weighted by molar-refractivity contribution is 6.30. The van der Waals surface area contributed by atoms with Gasteiger partial charge in [-0.25, -0.2) is 0 Å². The van der Waals surface area contributed by atoms with E-state index in [9.17, 15) is 4.79 Å². The van der Waals surface area contributed by atoms with Crippen LogP contribution in [0.25, 0.3) is 0 Å². The lowest BCUT2D eigenvalue weighted by Gasteiger charge is -2.12. The van der Waals surface area contributed by atoms with Gasteiger partial charge < -0.3 is 4.74 Å². The van der Waals surface area contributed by atoms with Gasteiger partial charge in [-0.15, -0.1) is 0 Å². The Bertz CT molecular complexity index is 518. The van der Waals surface area contributed by atoms with Gasteiger partial charge in [0.1, 0.15) is 11.3 Å². The normalized spacial score (nSPS) is 17.8. The number of carbonyl (C=O) groups is 1. The molecule has 94 valence electrons. The highest BCUT2D eigenvalue weighted by atomic mass is 16.5. The maximum atomic E-state index is 12.3. The SMILES string of the molecule is CCOC(C)=C1C(=O)N(c2ccccc2)N=C1C. The lowest BCUT2D eigenvalue weighted by molar-refractivity contribution is -0.114. The number of amides is 1. The summed E-state index contributed by atoms with van der Waals surface area (Å²) in [6, 6.07) is 9.37. The van der Waals surface area contributed by atoms with Gasteiger partial charge in [0, 0.05) is 0 Å². The molecule has 1 amide bonds. The van der Waals surface area contributed by atoms with E-state index in [2.05, 4.69) is 5.10 Å². The molecule has 1 aliphatic heterocycles. The average molecular weight is 244 g/mol. The summed E-state index contributed by atoms with van der Waals surface area (Å²) in [5.74, 6) is 0.492. The van der Waals surface area contributed by atoms with Crippen molar-refractivity contribution in [3.8, 4) is 0 Å². The van der Waals surface area contributed by atoms with Crippen LogP contribution in [0.1, 0.15) is 20.8 Å². The lowest BCUT2D eigenvalue weighted by atomic mass is 10.1. The summed E-state index contributed by atoms with van der Waals surface area (Å²) >= 11 is 0. The Morgan fingerprint density at radius 1 is 1.33 bits per heavy atom. The molecule has 0 saturated heterocycles. The fourth-order valence-electron chi connectivity index (χ4n) is 1.94. The first kappa shape index (κ1) is 12.4. The van der Waals surface area contributed by atoms with Crippen LogP contribution in [0.4, 0.5) is 5.69 Å². The zero-order valence-corrected chi connectivity index (χ0v) is 10.8. The molecule has 0 unspecified atom stereocenters. The van der Waals surface area contributed by atoms with Crippen LogP contribution in [0.2, 0.25) is 0 Å². The summed E-state index contributed by atoms with van der Waals surface area (Å²) in [6.07, 6.45) is 0. The molecule has 1 heterocycles. The zero-order chi connectivity index (χ0) is 13.1. The van der Waals surface area contributed by atoms with E-state index in [-0.39, 0.29) is 5.91 Å². The molecule has 2 rings (SSSR count). The number of ether oxygens (including phenoxy) is 1. The van der Waals surface area contributed by atoms with Gasteiger partial charge >= 0.3 is 0 Å². The van der Waals surface area contributed by atoms with E-state index in [4.69, 9.17) is 4.74 Å². The van der Waals surface area contributed by atoms with Gasteiger partial charge in [-0.05, 0) is 32.9 Å². The Labute approximate surface area is 107 Å². The van der Waals surface area contributed by atoms with Gasteiger partial charge in [0.25, 0.3) is 5.91 Å². The second kappa shape index (κ2) is 5.04. The van der Waals surface area contributed by atoms with E-state index in [0.29, 0.717) is 23.7 Å². The molecule has 4 nitrogen and oxygen atoms in total. The molecule has 0 aromatic heterocycles. The number of nitrogens with zero attached hydrogens (tertiary/aromatic N) is 2. The second-order valence-corrected chi connectivity index (χ2v) is 4.00. The lowest BCUT2D eigenvalue weighted by Crippen LogP contribution is -2.22. The maximum Gasteiger partial charge on any atom is 0.284 e. The molecule has 0 saturated carbocycles. The Morgan fingerprint density at radius 3 is 2.61 bits per heavy atom. The summed E-state index contributed by atoms with van der Waals surface area (Å²) in [4.78, 5) is 12.3. The van der Waals surface area contributed by atoms with Crippen LogP contribution in [-0.2, 0) is 9.53 Å².